The minimum atomic E-state index is 0. The van der Waals surface area contributed by atoms with Gasteiger partial charge in [-0.25, -0.2) is 4.98 Å². The van der Waals surface area contributed by atoms with Crippen molar-refractivity contribution in [1.29, 1.82) is 0 Å². The highest BCUT2D eigenvalue weighted by Crippen LogP contribution is 2.22. The topological polar surface area (TPSA) is 51.4 Å². The fraction of sp³-hybridized carbons (Fsp3) is 0.444. The Bertz CT molecular complexity index is 302. The monoisotopic (exact) mass is 215 g/mol. The molecule has 0 amide bonds. The van der Waals surface area contributed by atoms with E-state index in [2.05, 4.69) is 9.88 Å². The number of anilines is 1. The Morgan fingerprint density at radius 2 is 2.29 bits per heavy atom. The summed E-state index contributed by atoms with van der Waals surface area (Å²) in [5, 5.41) is 0. The van der Waals surface area contributed by atoms with Crippen LogP contribution in [0.15, 0.2) is 18.3 Å². The van der Waals surface area contributed by atoms with E-state index >= 15 is 0 Å². The van der Waals surface area contributed by atoms with Gasteiger partial charge >= 0.3 is 0 Å². The second-order valence-electron chi connectivity index (χ2n) is 3.22. The molecule has 1 aliphatic rings. The Morgan fingerprint density at radius 1 is 1.57 bits per heavy atom. The van der Waals surface area contributed by atoms with Crippen LogP contribution in [0, 0.1) is 0 Å². The summed E-state index contributed by atoms with van der Waals surface area (Å²) in [4.78, 5) is 6.24. The second-order valence-corrected chi connectivity index (χ2v) is 3.22. The van der Waals surface area contributed by atoms with Crippen molar-refractivity contribution in [2.24, 2.45) is 5.73 Å². The number of nitrogens with two attached hydrogens (primary N) is 1. The number of ether oxygens (including phenoxy) is 1. The zero-order valence-electron chi connectivity index (χ0n) is 8.01. The van der Waals surface area contributed by atoms with Crippen LogP contribution in [0.1, 0.15) is 0 Å². The molecular weight excluding hydrogens is 202 g/mol. The maximum atomic E-state index is 5.69. The Hall–Kier alpha value is -1.00. The zero-order valence-corrected chi connectivity index (χ0v) is 8.83. The summed E-state index contributed by atoms with van der Waals surface area (Å²) in [7, 11) is 1.62. The van der Waals surface area contributed by atoms with Gasteiger partial charge in [0.15, 0.2) is 0 Å². The maximum Gasteiger partial charge on any atom is 0.214 e. The van der Waals surface area contributed by atoms with Crippen molar-refractivity contribution in [3.8, 4) is 5.88 Å². The molecule has 5 heteroatoms. The van der Waals surface area contributed by atoms with Crippen LogP contribution in [0.5, 0.6) is 5.88 Å². The summed E-state index contributed by atoms with van der Waals surface area (Å²) in [6, 6.07) is 4.21. The minimum absolute atomic E-state index is 0. The quantitative estimate of drug-likeness (QED) is 0.788. The lowest BCUT2D eigenvalue weighted by molar-refractivity contribution is 0.397. The smallest absolute Gasteiger partial charge is 0.214 e. The number of aromatic nitrogens is 1. The van der Waals surface area contributed by atoms with Gasteiger partial charge in [0, 0.05) is 37.1 Å². The van der Waals surface area contributed by atoms with E-state index in [-0.39, 0.29) is 12.4 Å². The lowest BCUT2D eigenvalue weighted by Gasteiger charge is -2.38. The molecule has 1 saturated heterocycles. The summed E-state index contributed by atoms with van der Waals surface area (Å²) in [6.07, 6.45) is 1.75. The van der Waals surface area contributed by atoms with Gasteiger partial charge in [-0.15, -0.1) is 12.4 Å². The molecule has 2 heterocycles. The van der Waals surface area contributed by atoms with E-state index in [0.717, 1.165) is 18.8 Å². The molecule has 4 nitrogen and oxygen atoms in total. The third-order valence-corrected chi connectivity index (χ3v) is 2.20. The van der Waals surface area contributed by atoms with Gasteiger partial charge in [0.2, 0.25) is 5.88 Å². The average Bonchev–Trinajstić information content (AvgIpc) is 2.13. The molecule has 1 fully saturated rings. The van der Waals surface area contributed by atoms with E-state index in [1.54, 1.807) is 13.3 Å². The number of methoxy groups -OCH3 is 1. The van der Waals surface area contributed by atoms with E-state index < -0.39 is 0 Å². The molecule has 0 bridgehead atoms. The summed E-state index contributed by atoms with van der Waals surface area (Å²) < 4.78 is 5.03. The summed E-state index contributed by atoms with van der Waals surface area (Å²) in [5.41, 5.74) is 6.82. The van der Waals surface area contributed by atoms with Gasteiger partial charge in [0.05, 0.1) is 7.11 Å². The van der Waals surface area contributed by atoms with Crippen LogP contribution >= 0.6 is 12.4 Å². The van der Waals surface area contributed by atoms with Crippen LogP contribution in [0.3, 0.4) is 0 Å². The molecule has 1 aromatic heterocycles. The predicted molar refractivity (Wildman–Crippen MR) is 58.2 cm³/mol. The van der Waals surface area contributed by atoms with E-state index in [0.29, 0.717) is 11.9 Å². The molecule has 0 saturated carbocycles. The third kappa shape index (κ3) is 2.08. The first-order valence-electron chi connectivity index (χ1n) is 4.30. The Labute approximate surface area is 89.5 Å². The van der Waals surface area contributed by atoms with Crippen LogP contribution < -0.4 is 15.4 Å². The number of pyridine rings is 1. The number of rotatable bonds is 2. The number of hydrogen-bond donors (Lipinski definition) is 1. The van der Waals surface area contributed by atoms with Crippen molar-refractivity contribution in [3.05, 3.63) is 18.3 Å². The van der Waals surface area contributed by atoms with Gasteiger partial charge in [-0.2, -0.15) is 0 Å². The van der Waals surface area contributed by atoms with Crippen LogP contribution in [-0.4, -0.2) is 31.2 Å². The molecule has 0 radical (unpaired) electrons. The van der Waals surface area contributed by atoms with Gasteiger partial charge in [0.1, 0.15) is 0 Å². The summed E-state index contributed by atoms with van der Waals surface area (Å²) in [6.45, 7) is 1.85. The SMILES string of the molecule is COc1cc(N2CC(N)C2)ccn1.Cl. The first-order chi connectivity index (χ1) is 6.29. The molecule has 0 unspecified atom stereocenters. The van der Waals surface area contributed by atoms with E-state index in [1.165, 1.54) is 0 Å². The minimum Gasteiger partial charge on any atom is -0.481 e. The Kier molecular flexibility index (Phi) is 3.55. The highest BCUT2D eigenvalue weighted by atomic mass is 35.5. The van der Waals surface area contributed by atoms with E-state index in [1.807, 2.05) is 12.1 Å². The van der Waals surface area contributed by atoms with Crippen molar-refractivity contribution < 1.29 is 4.74 Å². The number of nitrogens with zero attached hydrogens (tertiary/aromatic N) is 2. The fourth-order valence-electron chi connectivity index (χ4n) is 1.43. The van der Waals surface area contributed by atoms with Gasteiger partial charge in [-0.1, -0.05) is 0 Å². The molecule has 14 heavy (non-hydrogen) atoms. The van der Waals surface area contributed by atoms with Gasteiger partial charge in [0.25, 0.3) is 0 Å². The van der Waals surface area contributed by atoms with Gasteiger partial charge in [-0.3, -0.25) is 0 Å². The molecule has 78 valence electrons. The lowest BCUT2D eigenvalue weighted by Crippen LogP contribution is -2.55. The molecular formula is C9H14ClN3O. The Balaban J connectivity index is 0.000000980. The van der Waals surface area contributed by atoms with Crippen molar-refractivity contribution in [2.45, 2.75) is 6.04 Å². The normalized spacial score (nSPS) is 15.7. The molecule has 1 aromatic rings. The predicted octanol–water partition coefficient (Wildman–Crippen LogP) is 0.659. The van der Waals surface area contributed by atoms with Gasteiger partial charge < -0.3 is 15.4 Å². The van der Waals surface area contributed by atoms with Crippen molar-refractivity contribution >= 4 is 18.1 Å². The average molecular weight is 216 g/mol. The fourth-order valence-corrected chi connectivity index (χ4v) is 1.43. The molecule has 0 aliphatic carbocycles. The van der Waals surface area contributed by atoms with E-state index in [9.17, 15) is 0 Å². The Morgan fingerprint density at radius 3 is 2.86 bits per heavy atom. The highest BCUT2D eigenvalue weighted by molar-refractivity contribution is 5.85. The summed E-state index contributed by atoms with van der Waals surface area (Å²) >= 11 is 0. The molecule has 0 atom stereocenters. The lowest BCUT2D eigenvalue weighted by atomic mass is 10.1. The van der Waals surface area contributed by atoms with E-state index in [4.69, 9.17) is 10.5 Å². The van der Waals surface area contributed by atoms with Crippen molar-refractivity contribution in [2.75, 3.05) is 25.1 Å². The first kappa shape index (κ1) is 11.1. The highest BCUT2D eigenvalue weighted by Gasteiger charge is 2.23. The zero-order chi connectivity index (χ0) is 9.26. The van der Waals surface area contributed by atoms with Crippen LogP contribution in [0.25, 0.3) is 0 Å². The number of halogens is 1. The summed E-state index contributed by atoms with van der Waals surface area (Å²) in [5.74, 6) is 0.651. The molecule has 2 N–H and O–H groups in total. The largest absolute Gasteiger partial charge is 0.481 e. The molecule has 2 rings (SSSR count). The van der Waals surface area contributed by atoms with Gasteiger partial charge in [-0.05, 0) is 6.07 Å². The standard InChI is InChI=1S/C9H13N3O.ClH/c1-13-9-4-8(2-3-11-9)12-5-7(10)6-12;/h2-4,7H,5-6,10H2,1H3;1H. The van der Waals surface area contributed by atoms with Crippen molar-refractivity contribution in [3.63, 3.8) is 0 Å². The number of hydrogen-bond acceptors (Lipinski definition) is 4. The van der Waals surface area contributed by atoms with Crippen molar-refractivity contribution in [1.82, 2.24) is 4.98 Å². The maximum absolute atomic E-state index is 5.69. The third-order valence-electron chi connectivity index (χ3n) is 2.20. The molecule has 0 spiro atoms. The molecule has 1 aliphatic heterocycles. The molecule has 0 aromatic carbocycles. The first-order valence-corrected chi connectivity index (χ1v) is 4.30. The second kappa shape index (κ2) is 4.48. The van der Waals surface area contributed by atoms with Crippen LogP contribution in [0.2, 0.25) is 0 Å². The van der Waals surface area contributed by atoms with Crippen LogP contribution in [-0.2, 0) is 0 Å². The van der Waals surface area contributed by atoms with Crippen LogP contribution in [0.4, 0.5) is 5.69 Å².